The molecule has 6 nitrogen and oxygen atoms in total. The topological polar surface area (TPSA) is 69.0 Å². The maximum absolute atomic E-state index is 12.9. The first-order valence-electron chi connectivity index (χ1n) is 10.2. The highest BCUT2D eigenvalue weighted by molar-refractivity contribution is 5.96. The van der Waals surface area contributed by atoms with Crippen molar-refractivity contribution in [3.63, 3.8) is 0 Å². The minimum Gasteiger partial charge on any atom is -0.496 e. The van der Waals surface area contributed by atoms with Crippen LogP contribution in [0.25, 0.3) is 16.7 Å². The second kappa shape index (κ2) is 8.22. The van der Waals surface area contributed by atoms with Crippen LogP contribution in [-0.2, 0) is 6.54 Å². The van der Waals surface area contributed by atoms with Crippen LogP contribution in [0, 0.1) is 27.7 Å². The van der Waals surface area contributed by atoms with Crippen molar-refractivity contribution in [3.8, 4) is 11.4 Å². The van der Waals surface area contributed by atoms with Gasteiger partial charge in [-0.2, -0.15) is 5.10 Å². The third-order valence-corrected chi connectivity index (χ3v) is 5.61. The first-order valence-corrected chi connectivity index (χ1v) is 10.2. The number of carbonyl (C=O) groups excluding carboxylic acids is 1. The molecule has 0 bridgehead atoms. The first-order chi connectivity index (χ1) is 14.9. The molecule has 0 aliphatic carbocycles. The molecule has 0 saturated heterocycles. The number of nitrogens with one attached hydrogen (secondary N) is 1. The lowest BCUT2D eigenvalue weighted by Gasteiger charge is -2.10. The number of rotatable bonds is 5. The number of hydrogen-bond donors (Lipinski definition) is 1. The van der Waals surface area contributed by atoms with E-state index in [4.69, 9.17) is 14.8 Å². The molecule has 0 aliphatic heterocycles. The Morgan fingerprint density at radius 1 is 1.00 bits per heavy atom. The van der Waals surface area contributed by atoms with E-state index in [9.17, 15) is 4.79 Å². The number of aromatic nitrogens is 3. The average Bonchev–Trinajstić information content (AvgIpc) is 3.11. The van der Waals surface area contributed by atoms with Crippen molar-refractivity contribution < 1.29 is 9.53 Å². The Labute approximate surface area is 181 Å². The minimum atomic E-state index is -0.235. The third-order valence-electron chi connectivity index (χ3n) is 5.61. The number of fused-ring (bicyclic) bond motifs is 1. The van der Waals surface area contributed by atoms with Gasteiger partial charge in [0, 0.05) is 17.5 Å². The number of para-hydroxylation sites is 1. The number of benzene rings is 2. The maximum Gasteiger partial charge on any atom is 0.270 e. The van der Waals surface area contributed by atoms with Gasteiger partial charge in [0.25, 0.3) is 5.91 Å². The molecule has 158 valence electrons. The van der Waals surface area contributed by atoms with Gasteiger partial charge >= 0.3 is 0 Å². The Balaban J connectivity index is 1.70. The highest BCUT2D eigenvalue weighted by Gasteiger charge is 2.18. The van der Waals surface area contributed by atoms with Crippen LogP contribution in [0.4, 0.5) is 0 Å². The van der Waals surface area contributed by atoms with E-state index >= 15 is 0 Å². The zero-order valence-corrected chi connectivity index (χ0v) is 18.5. The van der Waals surface area contributed by atoms with E-state index in [0.717, 1.165) is 33.6 Å². The van der Waals surface area contributed by atoms with E-state index in [1.807, 2.05) is 54.9 Å². The first kappa shape index (κ1) is 20.6. The molecule has 2 aromatic carbocycles. The van der Waals surface area contributed by atoms with Crippen molar-refractivity contribution in [1.82, 2.24) is 20.1 Å². The fraction of sp³-hybridized carbons (Fsp3) is 0.240. The molecule has 2 aromatic heterocycles. The van der Waals surface area contributed by atoms with Gasteiger partial charge in [-0.05, 0) is 68.7 Å². The second-order valence-electron chi connectivity index (χ2n) is 7.78. The summed E-state index contributed by atoms with van der Waals surface area (Å²) in [5.41, 5.74) is 7.15. The van der Waals surface area contributed by atoms with Gasteiger partial charge in [0.15, 0.2) is 5.65 Å². The summed E-state index contributed by atoms with van der Waals surface area (Å²) < 4.78 is 7.19. The molecular weight excluding hydrogens is 388 g/mol. The Bertz CT molecular complexity index is 1290. The summed E-state index contributed by atoms with van der Waals surface area (Å²) in [7, 11) is 1.62. The second-order valence-corrected chi connectivity index (χ2v) is 7.78. The Morgan fingerprint density at radius 3 is 2.52 bits per heavy atom. The number of carbonyl (C=O) groups is 1. The van der Waals surface area contributed by atoms with Crippen molar-refractivity contribution in [2.75, 3.05) is 7.11 Å². The van der Waals surface area contributed by atoms with Gasteiger partial charge in [-0.3, -0.25) is 4.79 Å². The van der Waals surface area contributed by atoms with E-state index in [2.05, 4.69) is 31.3 Å². The Morgan fingerprint density at radius 2 is 1.77 bits per heavy atom. The van der Waals surface area contributed by atoms with Gasteiger partial charge in [-0.25, -0.2) is 9.67 Å². The minimum absolute atomic E-state index is 0.235. The highest BCUT2D eigenvalue weighted by Crippen LogP contribution is 2.25. The SMILES string of the molecule is COc1ccccc1CNC(=O)c1cc(C)c2c(C)nn(-c3ccc(C)c(C)c3)c2n1. The van der Waals surface area contributed by atoms with Crippen LogP contribution in [-0.4, -0.2) is 27.8 Å². The molecule has 0 saturated carbocycles. The van der Waals surface area contributed by atoms with E-state index in [1.165, 1.54) is 11.1 Å². The van der Waals surface area contributed by atoms with Gasteiger partial charge < -0.3 is 10.1 Å². The highest BCUT2D eigenvalue weighted by atomic mass is 16.5. The number of hydrogen-bond acceptors (Lipinski definition) is 4. The fourth-order valence-corrected chi connectivity index (χ4v) is 3.77. The van der Waals surface area contributed by atoms with Crippen LogP contribution in [0.2, 0.25) is 0 Å². The predicted molar refractivity (Wildman–Crippen MR) is 122 cm³/mol. The predicted octanol–water partition coefficient (Wildman–Crippen LogP) is 4.59. The van der Waals surface area contributed by atoms with Gasteiger partial charge in [-0.1, -0.05) is 24.3 Å². The fourth-order valence-electron chi connectivity index (χ4n) is 3.77. The molecule has 0 spiro atoms. The van der Waals surface area contributed by atoms with Crippen molar-refractivity contribution in [1.29, 1.82) is 0 Å². The monoisotopic (exact) mass is 414 g/mol. The number of amides is 1. The number of aryl methyl sites for hydroxylation is 4. The lowest BCUT2D eigenvalue weighted by molar-refractivity contribution is 0.0946. The Kier molecular flexibility index (Phi) is 5.46. The van der Waals surface area contributed by atoms with Crippen LogP contribution in [0.3, 0.4) is 0 Å². The van der Waals surface area contributed by atoms with Crippen LogP contribution in [0.5, 0.6) is 5.75 Å². The van der Waals surface area contributed by atoms with Gasteiger partial charge in [0.05, 0.1) is 18.5 Å². The third kappa shape index (κ3) is 3.89. The summed E-state index contributed by atoms with van der Waals surface area (Å²) in [4.78, 5) is 17.6. The molecule has 6 heteroatoms. The quantitative estimate of drug-likeness (QED) is 0.518. The number of nitrogens with zero attached hydrogens (tertiary/aromatic N) is 3. The van der Waals surface area contributed by atoms with E-state index in [-0.39, 0.29) is 5.91 Å². The largest absolute Gasteiger partial charge is 0.496 e. The lowest BCUT2D eigenvalue weighted by atomic mass is 10.1. The molecule has 0 atom stereocenters. The summed E-state index contributed by atoms with van der Waals surface area (Å²) in [5.74, 6) is 0.507. The summed E-state index contributed by atoms with van der Waals surface area (Å²) in [6.07, 6.45) is 0. The molecular formula is C25H26N4O2. The lowest BCUT2D eigenvalue weighted by Crippen LogP contribution is -2.24. The molecule has 0 unspecified atom stereocenters. The summed E-state index contributed by atoms with van der Waals surface area (Å²) in [6, 6.07) is 15.6. The van der Waals surface area contributed by atoms with Crippen LogP contribution in [0.15, 0.2) is 48.5 Å². The zero-order chi connectivity index (χ0) is 22.1. The van der Waals surface area contributed by atoms with Crippen LogP contribution < -0.4 is 10.1 Å². The summed E-state index contributed by atoms with van der Waals surface area (Å²) in [5, 5.41) is 8.64. The summed E-state index contributed by atoms with van der Waals surface area (Å²) in [6.45, 7) is 8.47. The van der Waals surface area contributed by atoms with Crippen LogP contribution in [0.1, 0.15) is 38.4 Å². The zero-order valence-electron chi connectivity index (χ0n) is 18.5. The molecule has 1 amide bonds. The molecule has 2 heterocycles. The normalized spacial score (nSPS) is 11.0. The smallest absolute Gasteiger partial charge is 0.270 e. The maximum atomic E-state index is 12.9. The molecule has 0 fully saturated rings. The number of ether oxygens (including phenoxy) is 1. The van der Waals surface area contributed by atoms with Crippen molar-refractivity contribution in [2.45, 2.75) is 34.2 Å². The van der Waals surface area contributed by atoms with Gasteiger partial charge in [0.2, 0.25) is 0 Å². The molecule has 1 N–H and O–H groups in total. The van der Waals surface area contributed by atoms with Crippen molar-refractivity contribution >= 4 is 16.9 Å². The standard InChI is InChI=1S/C25H26N4O2/c1-15-10-11-20(12-16(15)2)29-24-23(18(4)28-29)17(3)13-21(27-24)25(30)26-14-19-8-6-7-9-22(19)31-5/h6-13H,14H2,1-5H3,(H,26,30). The number of methoxy groups -OCH3 is 1. The molecule has 31 heavy (non-hydrogen) atoms. The van der Waals surface area contributed by atoms with E-state index < -0.39 is 0 Å². The van der Waals surface area contributed by atoms with Crippen molar-refractivity contribution in [3.05, 3.63) is 82.2 Å². The molecule has 4 rings (SSSR count). The van der Waals surface area contributed by atoms with Crippen molar-refractivity contribution in [2.24, 2.45) is 0 Å². The average molecular weight is 415 g/mol. The molecule has 4 aromatic rings. The van der Waals surface area contributed by atoms with Crippen LogP contribution >= 0.6 is 0 Å². The van der Waals surface area contributed by atoms with Gasteiger partial charge in [0.1, 0.15) is 11.4 Å². The molecule has 0 radical (unpaired) electrons. The van der Waals surface area contributed by atoms with E-state index in [1.54, 1.807) is 7.11 Å². The Hall–Kier alpha value is -3.67. The summed E-state index contributed by atoms with van der Waals surface area (Å²) >= 11 is 0. The van der Waals surface area contributed by atoms with E-state index in [0.29, 0.717) is 17.9 Å². The number of pyridine rings is 1. The molecule has 0 aliphatic rings. The van der Waals surface area contributed by atoms with Gasteiger partial charge in [-0.15, -0.1) is 0 Å².